The molecule has 0 fully saturated rings. The average molecular weight is 453 g/mol. The number of alkyl carbamates (subject to hydrolysis) is 1. The summed E-state index contributed by atoms with van der Waals surface area (Å²) in [4.78, 5) is 36.3. The molecule has 33 heavy (non-hydrogen) atoms. The van der Waals surface area contributed by atoms with Crippen molar-refractivity contribution >= 4 is 18.0 Å². The molecule has 0 spiro atoms. The largest absolute Gasteiger partial charge is 0.481 e. The van der Waals surface area contributed by atoms with Gasteiger partial charge < -0.3 is 20.5 Å². The minimum Gasteiger partial charge on any atom is -0.481 e. The number of hydrogen-bond donors (Lipinski definition) is 3. The molecule has 2 aromatic carbocycles. The number of ether oxygens (including phenoxy) is 1. The van der Waals surface area contributed by atoms with E-state index in [1.807, 2.05) is 43.3 Å². The number of nitrogens with one attached hydrogen (secondary N) is 2. The number of carboxylic acids is 1. The highest BCUT2D eigenvalue weighted by Crippen LogP contribution is 2.44. The predicted molar refractivity (Wildman–Crippen MR) is 126 cm³/mol. The van der Waals surface area contributed by atoms with Crippen LogP contribution in [0.5, 0.6) is 0 Å². The van der Waals surface area contributed by atoms with Crippen LogP contribution in [0, 0.1) is 0 Å². The molecule has 2 aromatic rings. The van der Waals surface area contributed by atoms with Crippen molar-refractivity contribution in [2.24, 2.45) is 0 Å². The number of rotatable bonds is 11. The Bertz CT molecular complexity index is 945. The van der Waals surface area contributed by atoms with Crippen molar-refractivity contribution < 1.29 is 24.2 Å². The first-order chi connectivity index (χ1) is 15.9. The maximum atomic E-state index is 12.7. The zero-order valence-corrected chi connectivity index (χ0v) is 19.2. The molecule has 2 unspecified atom stereocenters. The molecule has 2 atom stereocenters. The van der Waals surface area contributed by atoms with Crippen LogP contribution in [0.1, 0.15) is 63.0 Å². The molecule has 1 aliphatic rings. The van der Waals surface area contributed by atoms with Gasteiger partial charge in [0.1, 0.15) is 12.6 Å². The van der Waals surface area contributed by atoms with Gasteiger partial charge in [-0.1, -0.05) is 68.3 Å². The molecule has 7 heteroatoms. The van der Waals surface area contributed by atoms with E-state index in [-0.39, 0.29) is 31.4 Å². The Labute approximate surface area is 194 Å². The summed E-state index contributed by atoms with van der Waals surface area (Å²) < 4.78 is 5.52. The summed E-state index contributed by atoms with van der Waals surface area (Å²) in [5, 5.41) is 14.5. The highest BCUT2D eigenvalue weighted by molar-refractivity contribution is 5.86. The zero-order chi connectivity index (χ0) is 23.8. The van der Waals surface area contributed by atoms with Crippen molar-refractivity contribution in [2.45, 2.75) is 64.0 Å². The third-order valence-corrected chi connectivity index (χ3v) is 5.98. The molecule has 0 saturated heterocycles. The number of amides is 2. The molecule has 0 radical (unpaired) electrons. The fourth-order valence-electron chi connectivity index (χ4n) is 4.24. The molecular formula is C26H32N2O5. The van der Waals surface area contributed by atoms with Gasteiger partial charge in [-0.05, 0) is 42.0 Å². The Balaban J connectivity index is 1.63. The summed E-state index contributed by atoms with van der Waals surface area (Å²) in [6.07, 6.45) is 1.83. The number of aliphatic carboxylic acids is 1. The van der Waals surface area contributed by atoms with Crippen molar-refractivity contribution in [3.05, 3.63) is 59.7 Å². The maximum absolute atomic E-state index is 12.7. The molecule has 0 saturated carbocycles. The fraction of sp³-hybridized carbons (Fsp3) is 0.423. The van der Waals surface area contributed by atoms with Crippen LogP contribution in [0.2, 0.25) is 0 Å². The molecule has 3 rings (SSSR count). The number of carbonyl (C=O) groups excluding carboxylic acids is 2. The number of benzene rings is 2. The second kappa shape index (κ2) is 11.5. The fourth-order valence-corrected chi connectivity index (χ4v) is 4.24. The van der Waals surface area contributed by atoms with Gasteiger partial charge >= 0.3 is 12.1 Å². The van der Waals surface area contributed by atoms with Gasteiger partial charge in [0.2, 0.25) is 5.91 Å². The number of carbonyl (C=O) groups is 3. The van der Waals surface area contributed by atoms with E-state index in [0.29, 0.717) is 0 Å². The van der Waals surface area contributed by atoms with Crippen LogP contribution in [0.15, 0.2) is 48.5 Å². The number of fused-ring (bicyclic) bond motifs is 3. The van der Waals surface area contributed by atoms with Crippen LogP contribution in [0.25, 0.3) is 11.1 Å². The van der Waals surface area contributed by atoms with E-state index in [2.05, 4.69) is 29.7 Å². The Morgan fingerprint density at radius 3 is 2.15 bits per heavy atom. The second-order valence-electron chi connectivity index (χ2n) is 8.51. The van der Waals surface area contributed by atoms with E-state index in [1.165, 1.54) is 0 Å². The molecule has 176 valence electrons. The van der Waals surface area contributed by atoms with Crippen LogP contribution in [0.3, 0.4) is 0 Å². The molecule has 7 nitrogen and oxygen atoms in total. The van der Waals surface area contributed by atoms with Crippen molar-refractivity contribution in [1.82, 2.24) is 10.6 Å². The van der Waals surface area contributed by atoms with Gasteiger partial charge in [0.25, 0.3) is 0 Å². The summed E-state index contributed by atoms with van der Waals surface area (Å²) in [5.41, 5.74) is 4.44. The van der Waals surface area contributed by atoms with Crippen molar-refractivity contribution in [3.8, 4) is 11.1 Å². The minimum absolute atomic E-state index is 0.00808. The molecule has 0 aromatic heterocycles. The summed E-state index contributed by atoms with van der Waals surface area (Å²) in [7, 11) is 0. The standard InChI is InChI=1S/C26H32N2O5/c1-3-4-9-17(2)27-25(31)23(14-15-24(29)30)28-26(32)33-16-22-20-12-7-5-10-18(20)19-11-6-8-13-21(19)22/h5-8,10-13,17,22-23H,3-4,9,14-16H2,1-2H3,(H,27,31)(H,28,32)(H,29,30). The lowest BCUT2D eigenvalue weighted by Crippen LogP contribution is -2.49. The quantitative estimate of drug-likeness (QED) is 0.467. The minimum atomic E-state index is -1.03. The first-order valence-electron chi connectivity index (χ1n) is 11.5. The normalized spacial score (nSPS) is 14.0. The van der Waals surface area contributed by atoms with Crippen molar-refractivity contribution in [2.75, 3.05) is 6.61 Å². The van der Waals surface area contributed by atoms with E-state index in [1.54, 1.807) is 0 Å². The smallest absolute Gasteiger partial charge is 0.407 e. The molecule has 0 aliphatic heterocycles. The maximum Gasteiger partial charge on any atom is 0.407 e. The van der Waals surface area contributed by atoms with E-state index in [4.69, 9.17) is 9.84 Å². The molecule has 0 bridgehead atoms. The Kier molecular flexibility index (Phi) is 8.46. The van der Waals surface area contributed by atoms with Crippen LogP contribution in [-0.2, 0) is 14.3 Å². The summed E-state index contributed by atoms with van der Waals surface area (Å²) in [5.74, 6) is -1.52. The van der Waals surface area contributed by atoms with E-state index < -0.39 is 24.0 Å². The van der Waals surface area contributed by atoms with Gasteiger partial charge in [-0.25, -0.2) is 4.79 Å². The summed E-state index contributed by atoms with van der Waals surface area (Å²) in [6.45, 7) is 4.10. The first-order valence-corrected chi connectivity index (χ1v) is 11.5. The Morgan fingerprint density at radius 1 is 0.970 bits per heavy atom. The van der Waals surface area contributed by atoms with E-state index >= 15 is 0 Å². The lowest BCUT2D eigenvalue weighted by atomic mass is 9.98. The van der Waals surface area contributed by atoms with E-state index in [9.17, 15) is 14.4 Å². The highest BCUT2D eigenvalue weighted by atomic mass is 16.5. The lowest BCUT2D eigenvalue weighted by Gasteiger charge is -2.21. The Hall–Kier alpha value is -3.35. The van der Waals surface area contributed by atoms with Gasteiger partial charge in [-0.3, -0.25) is 9.59 Å². The third-order valence-electron chi connectivity index (χ3n) is 5.98. The summed E-state index contributed by atoms with van der Waals surface area (Å²) in [6, 6.07) is 15.0. The SMILES string of the molecule is CCCCC(C)NC(=O)C(CCC(=O)O)NC(=O)OCC1c2ccccc2-c2ccccc21. The summed E-state index contributed by atoms with van der Waals surface area (Å²) >= 11 is 0. The molecule has 2 amide bonds. The van der Waals surface area contributed by atoms with Gasteiger partial charge in [-0.15, -0.1) is 0 Å². The number of carboxylic acid groups (broad SMARTS) is 1. The predicted octanol–water partition coefficient (Wildman–Crippen LogP) is 4.45. The van der Waals surface area contributed by atoms with Gasteiger partial charge in [-0.2, -0.15) is 0 Å². The highest BCUT2D eigenvalue weighted by Gasteiger charge is 2.30. The van der Waals surface area contributed by atoms with Crippen molar-refractivity contribution in [1.29, 1.82) is 0 Å². The molecule has 1 aliphatic carbocycles. The van der Waals surface area contributed by atoms with Crippen molar-refractivity contribution in [3.63, 3.8) is 0 Å². The van der Waals surface area contributed by atoms with Gasteiger partial charge in [0.05, 0.1) is 0 Å². The van der Waals surface area contributed by atoms with Crippen LogP contribution >= 0.6 is 0 Å². The monoisotopic (exact) mass is 452 g/mol. The average Bonchev–Trinajstić information content (AvgIpc) is 3.12. The third kappa shape index (κ3) is 6.34. The lowest BCUT2D eigenvalue weighted by molar-refractivity contribution is -0.137. The second-order valence-corrected chi connectivity index (χ2v) is 8.51. The topological polar surface area (TPSA) is 105 Å². The van der Waals surface area contributed by atoms with Crippen LogP contribution in [0.4, 0.5) is 4.79 Å². The van der Waals surface area contributed by atoms with Gasteiger partial charge in [0.15, 0.2) is 0 Å². The van der Waals surface area contributed by atoms with Crippen LogP contribution < -0.4 is 10.6 Å². The molecule has 3 N–H and O–H groups in total. The van der Waals surface area contributed by atoms with Crippen LogP contribution in [-0.4, -0.2) is 41.8 Å². The van der Waals surface area contributed by atoms with E-state index in [0.717, 1.165) is 41.5 Å². The molecule has 0 heterocycles. The number of hydrogen-bond acceptors (Lipinski definition) is 4. The molecular weight excluding hydrogens is 420 g/mol. The zero-order valence-electron chi connectivity index (χ0n) is 19.2. The number of unbranched alkanes of at least 4 members (excludes halogenated alkanes) is 1. The van der Waals surface area contributed by atoms with Gasteiger partial charge in [0, 0.05) is 18.4 Å². The Morgan fingerprint density at radius 2 is 1.58 bits per heavy atom. The first kappa shape index (κ1) is 24.3.